The van der Waals surface area contributed by atoms with Crippen molar-refractivity contribution in [1.29, 1.82) is 0 Å². The van der Waals surface area contributed by atoms with Crippen LogP contribution in [0.2, 0.25) is 0 Å². The van der Waals surface area contributed by atoms with E-state index in [1.54, 1.807) is 0 Å². The molecule has 0 aliphatic heterocycles. The lowest BCUT2D eigenvalue weighted by molar-refractivity contribution is -0.126. The third kappa shape index (κ3) is 5.85. The van der Waals surface area contributed by atoms with Crippen molar-refractivity contribution in [3.05, 3.63) is 35.9 Å². The van der Waals surface area contributed by atoms with E-state index in [-0.39, 0.29) is 18.1 Å². The second kappa shape index (κ2) is 7.92. The summed E-state index contributed by atoms with van der Waals surface area (Å²) in [6, 6.07) is 9.79. The van der Waals surface area contributed by atoms with Crippen molar-refractivity contribution in [1.82, 2.24) is 5.32 Å². The quantitative estimate of drug-likeness (QED) is 0.753. The van der Waals surface area contributed by atoms with Crippen LogP contribution in [0.3, 0.4) is 0 Å². The number of hydrogen-bond donors (Lipinski definition) is 2. The monoisotopic (exact) mass is 264 g/mol. The second-order valence-corrected chi connectivity index (χ2v) is 4.82. The van der Waals surface area contributed by atoms with Crippen molar-refractivity contribution in [2.75, 3.05) is 13.2 Å². The summed E-state index contributed by atoms with van der Waals surface area (Å²) in [6.45, 7) is 5.07. The molecular weight excluding hydrogens is 240 g/mol. The molecule has 1 aromatic carbocycles. The molecular formula is C15H24N2O2. The smallest absolute Gasteiger partial charge is 0.246 e. The SMILES string of the molecule is CCC(N)(CC)CNC(=O)COCc1ccccc1. The fourth-order valence-electron chi connectivity index (χ4n) is 1.66. The molecule has 0 heterocycles. The highest BCUT2D eigenvalue weighted by Gasteiger charge is 2.20. The van der Waals surface area contributed by atoms with E-state index < -0.39 is 0 Å². The summed E-state index contributed by atoms with van der Waals surface area (Å²) in [6.07, 6.45) is 1.68. The Kier molecular flexibility index (Phi) is 6.53. The fourth-order valence-corrected chi connectivity index (χ4v) is 1.66. The Morgan fingerprint density at radius 3 is 2.47 bits per heavy atom. The summed E-state index contributed by atoms with van der Waals surface area (Å²) in [7, 11) is 0. The molecule has 0 spiro atoms. The number of carbonyl (C=O) groups is 1. The molecule has 4 nitrogen and oxygen atoms in total. The van der Waals surface area contributed by atoms with Gasteiger partial charge in [0.1, 0.15) is 6.61 Å². The Labute approximate surface area is 115 Å². The molecule has 0 saturated carbocycles. The van der Waals surface area contributed by atoms with Crippen LogP contribution in [0.5, 0.6) is 0 Å². The number of hydrogen-bond acceptors (Lipinski definition) is 3. The van der Waals surface area contributed by atoms with Crippen LogP contribution in [0.25, 0.3) is 0 Å². The molecule has 106 valence electrons. The topological polar surface area (TPSA) is 64.3 Å². The molecule has 0 aromatic heterocycles. The zero-order valence-electron chi connectivity index (χ0n) is 11.8. The van der Waals surface area contributed by atoms with Crippen LogP contribution in [0.15, 0.2) is 30.3 Å². The number of ether oxygens (including phenoxy) is 1. The van der Waals surface area contributed by atoms with Gasteiger partial charge in [-0.05, 0) is 18.4 Å². The van der Waals surface area contributed by atoms with Gasteiger partial charge in [-0.3, -0.25) is 4.79 Å². The predicted octanol–water partition coefficient (Wildman–Crippen LogP) is 1.84. The van der Waals surface area contributed by atoms with Gasteiger partial charge in [-0.2, -0.15) is 0 Å². The Balaban J connectivity index is 2.22. The highest BCUT2D eigenvalue weighted by molar-refractivity contribution is 5.77. The van der Waals surface area contributed by atoms with Gasteiger partial charge in [0, 0.05) is 12.1 Å². The van der Waals surface area contributed by atoms with E-state index in [0.29, 0.717) is 13.2 Å². The van der Waals surface area contributed by atoms with E-state index in [1.807, 2.05) is 44.2 Å². The van der Waals surface area contributed by atoms with Crippen molar-refractivity contribution >= 4 is 5.91 Å². The largest absolute Gasteiger partial charge is 0.367 e. The molecule has 0 aliphatic rings. The maximum absolute atomic E-state index is 11.6. The maximum atomic E-state index is 11.6. The molecule has 0 saturated heterocycles. The average molecular weight is 264 g/mol. The van der Waals surface area contributed by atoms with E-state index in [9.17, 15) is 4.79 Å². The van der Waals surface area contributed by atoms with Crippen LogP contribution in [-0.4, -0.2) is 24.6 Å². The molecule has 1 aromatic rings. The normalized spacial score (nSPS) is 11.3. The molecule has 0 atom stereocenters. The van der Waals surface area contributed by atoms with Gasteiger partial charge in [-0.25, -0.2) is 0 Å². The standard InChI is InChI=1S/C15H24N2O2/c1-3-15(16,4-2)12-17-14(18)11-19-10-13-8-6-5-7-9-13/h5-9H,3-4,10-12,16H2,1-2H3,(H,17,18). The molecule has 0 bridgehead atoms. The molecule has 0 unspecified atom stereocenters. The van der Waals surface area contributed by atoms with E-state index in [0.717, 1.165) is 18.4 Å². The Hall–Kier alpha value is -1.39. The van der Waals surface area contributed by atoms with Gasteiger partial charge in [0.25, 0.3) is 0 Å². The zero-order valence-corrected chi connectivity index (χ0v) is 11.8. The van der Waals surface area contributed by atoms with Crippen LogP contribution in [0.4, 0.5) is 0 Å². The molecule has 0 radical (unpaired) electrons. The van der Waals surface area contributed by atoms with E-state index in [4.69, 9.17) is 10.5 Å². The van der Waals surface area contributed by atoms with Gasteiger partial charge in [0.15, 0.2) is 0 Å². The first-order chi connectivity index (χ1) is 9.09. The van der Waals surface area contributed by atoms with Crippen molar-refractivity contribution in [3.63, 3.8) is 0 Å². The number of nitrogens with one attached hydrogen (secondary N) is 1. The van der Waals surface area contributed by atoms with Crippen molar-refractivity contribution in [3.8, 4) is 0 Å². The second-order valence-electron chi connectivity index (χ2n) is 4.82. The lowest BCUT2D eigenvalue weighted by atomic mass is 9.94. The minimum Gasteiger partial charge on any atom is -0.367 e. The van der Waals surface area contributed by atoms with Gasteiger partial charge in [0.2, 0.25) is 5.91 Å². The van der Waals surface area contributed by atoms with Crippen LogP contribution >= 0.6 is 0 Å². The summed E-state index contributed by atoms with van der Waals surface area (Å²) < 4.78 is 5.36. The molecule has 0 aliphatic carbocycles. The summed E-state index contributed by atoms with van der Waals surface area (Å²) in [5.74, 6) is -0.118. The minimum absolute atomic E-state index is 0.0679. The van der Waals surface area contributed by atoms with Crippen LogP contribution in [0, 0.1) is 0 Å². The number of benzene rings is 1. The highest BCUT2D eigenvalue weighted by Crippen LogP contribution is 2.09. The van der Waals surface area contributed by atoms with Crippen LogP contribution in [0.1, 0.15) is 32.3 Å². The Bertz CT molecular complexity index is 375. The van der Waals surface area contributed by atoms with Crippen LogP contribution < -0.4 is 11.1 Å². The first kappa shape index (κ1) is 15.7. The Morgan fingerprint density at radius 2 is 1.89 bits per heavy atom. The summed E-state index contributed by atoms with van der Waals surface area (Å²) in [5.41, 5.74) is 6.86. The fraction of sp³-hybridized carbons (Fsp3) is 0.533. The molecule has 0 fully saturated rings. The Morgan fingerprint density at radius 1 is 1.26 bits per heavy atom. The third-order valence-electron chi connectivity index (χ3n) is 3.39. The van der Waals surface area contributed by atoms with Gasteiger partial charge in [-0.15, -0.1) is 0 Å². The van der Waals surface area contributed by atoms with E-state index >= 15 is 0 Å². The van der Waals surface area contributed by atoms with Crippen molar-refractivity contribution < 1.29 is 9.53 Å². The first-order valence-corrected chi connectivity index (χ1v) is 6.77. The number of carbonyl (C=O) groups excluding carboxylic acids is 1. The number of amides is 1. The zero-order chi connectivity index (χ0) is 14.1. The highest BCUT2D eigenvalue weighted by atomic mass is 16.5. The molecule has 1 amide bonds. The van der Waals surface area contributed by atoms with Crippen molar-refractivity contribution in [2.45, 2.75) is 38.8 Å². The minimum atomic E-state index is -0.310. The van der Waals surface area contributed by atoms with Gasteiger partial charge in [0.05, 0.1) is 6.61 Å². The van der Waals surface area contributed by atoms with Crippen molar-refractivity contribution in [2.24, 2.45) is 5.73 Å². The molecule has 1 rings (SSSR count). The van der Waals surface area contributed by atoms with Gasteiger partial charge >= 0.3 is 0 Å². The van der Waals surface area contributed by atoms with E-state index in [1.165, 1.54) is 0 Å². The predicted molar refractivity (Wildman–Crippen MR) is 76.6 cm³/mol. The number of rotatable bonds is 8. The van der Waals surface area contributed by atoms with Gasteiger partial charge < -0.3 is 15.8 Å². The lowest BCUT2D eigenvalue weighted by Gasteiger charge is -2.26. The van der Waals surface area contributed by atoms with Gasteiger partial charge in [-0.1, -0.05) is 44.2 Å². The van der Waals surface area contributed by atoms with Crippen LogP contribution in [-0.2, 0) is 16.1 Å². The summed E-state index contributed by atoms with van der Waals surface area (Å²) in [4.78, 5) is 11.6. The maximum Gasteiger partial charge on any atom is 0.246 e. The first-order valence-electron chi connectivity index (χ1n) is 6.77. The third-order valence-corrected chi connectivity index (χ3v) is 3.39. The summed E-state index contributed by atoms with van der Waals surface area (Å²) >= 11 is 0. The number of nitrogens with two attached hydrogens (primary N) is 1. The molecule has 3 N–H and O–H groups in total. The van der Waals surface area contributed by atoms with E-state index in [2.05, 4.69) is 5.32 Å². The molecule has 4 heteroatoms. The molecule has 19 heavy (non-hydrogen) atoms. The average Bonchev–Trinajstić information content (AvgIpc) is 2.46. The summed E-state index contributed by atoms with van der Waals surface area (Å²) in [5, 5.41) is 2.82. The lowest BCUT2D eigenvalue weighted by Crippen LogP contribution is -2.49.